The number of hydrogen-bond donors (Lipinski definition) is 2. The highest BCUT2D eigenvalue weighted by Gasteiger charge is 2.16. The van der Waals surface area contributed by atoms with Gasteiger partial charge in [-0.05, 0) is 42.5 Å². The molecule has 1 aromatic heterocycles. The summed E-state index contributed by atoms with van der Waals surface area (Å²) in [6, 6.07) is 23.1. The molecule has 1 heterocycles. The first kappa shape index (κ1) is 20.8. The lowest BCUT2D eigenvalue weighted by atomic mass is 10.2. The Morgan fingerprint density at radius 2 is 1.67 bits per heavy atom. The van der Waals surface area contributed by atoms with Gasteiger partial charge in [0.05, 0.1) is 10.5 Å². The summed E-state index contributed by atoms with van der Waals surface area (Å²) in [5.41, 5.74) is 0.249. The largest absolute Gasteiger partial charge is 0.501 e. The SMILES string of the molecule is O=C(O)c1cccc(Sc2ccccc2)c1.O=[N+]([O-])c1ccc2cccnc2c1O. The second-order valence-electron chi connectivity index (χ2n) is 6.01. The van der Waals surface area contributed by atoms with Crippen molar-refractivity contribution in [2.24, 2.45) is 0 Å². The molecule has 0 amide bonds. The van der Waals surface area contributed by atoms with E-state index in [9.17, 15) is 20.0 Å². The average Bonchev–Trinajstić information content (AvgIpc) is 2.75. The number of carboxylic acids is 1. The lowest BCUT2D eigenvalue weighted by Crippen LogP contribution is -1.95. The topological polar surface area (TPSA) is 114 Å². The van der Waals surface area contributed by atoms with Crippen LogP contribution in [-0.4, -0.2) is 26.1 Å². The van der Waals surface area contributed by atoms with Crippen molar-refractivity contribution in [1.29, 1.82) is 0 Å². The highest BCUT2D eigenvalue weighted by Crippen LogP contribution is 2.32. The standard InChI is InChI=1S/C13H10O2S.C9H6N2O3/c14-13(15)10-5-4-8-12(9-10)16-11-6-2-1-3-7-11;12-9-7(11(13)14)4-3-6-2-1-5-10-8(6)9/h1-9H,(H,14,15);1-5,12H. The molecule has 0 saturated heterocycles. The Morgan fingerprint density at radius 3 is 2.37 bits per heavy atom. The summed E-state index contributed by atoms with van der Waals surface area (Å²) in [6.45, 7) is 0. The van der Waals surface area contributed by atoms with Crippen LogP contribution in [0.2, 0.25) is 0 Å². The van der Waals surface area contributed by atoms with Gasteiger partial charge in [0, 0.05) is 27.4 Å². The van der Waals surface area contributed by atoms with Gasteiger partial charge in [-0.25, -0.2) is 4.79 Å². The number of carboxylic acid groups (broad SMARTS) is 1. The number of fused-ring (bicyclic) bond motifs is 1. The maximum atomic E-state index is 10.8. The number of phenolic OH excluding ortho intramolecular Hbond substituents is 1. The van der Waals surface area contributed by atoms with Crippen molar-refractivity contribution in [2.45, 2.75) is 9.79 Å². The molecule has 0 bridgehead atoms. The summed E-state index contributed by atoms with van der Waals surface area (Å²) in [6.07, 6.45) is 1.48. The van der Waals surface area contributed by atoms with Crippen LogP contribution in [0.1, 0.15) is 10.4 Å². The normalized spacial score (nSPS) is 10.1. The Kier molecular flexibility index (Phi) is 6.61. The Morgan fingerprint density at radius 1 is 0.933 bits per heavy atom. The van der Waals surface area contributed by atoms with Crippen LogP contribution >= 0.6 is 11.8 Å². The zero-order chi connectivity index (χ0) is 21.5. The predicted molar refractivity (Wildman–Crippen MR) is 114 cm³/mol. The molecule has 4 rings (SSSR count). The summed E-state index contributed by atoms with van der Waals surface area (Å²) in [5, 5.41) is 29.5. The summed E-state index contributed by atoms with van der Waals surface area (Å²) in [4.78, 5) is 26.6. The molecule has 7 nitrogen and oxygen atoms in total. The van der Waals surface area contributed by atoms with Gasteiger partial charge in [0.15, 0.2) is 0 Å². The second-order valence-corrected chi connectivity index (χ2v) is 7.16. The first-order valence-corrected chi connectivity index (χ1v) is 9.54. The quantitative estimate of drug-likeness (QED) is 0.336. The van der Waals surface area contributed by atoms with Crippen LogP contribution in [0.25, 0.3) is 10.9 Å². The molecule has 150 valence electrons. The van der Waals surface area contributed by atoms with Crippen LogP contribution in [0.5, 0.6) is 5.75 Å². The highest BCUT2D eigenvalue weighted by molar-refractivity contribution is 7.99. The third kappa shape index (κ3) is 5.12. The van der Waals surface area contributed by atoms with E-state index in [1.54, 1.807) is 48.2 Å². The molecule has 0 saturated carbocycles. The lowest BCUT2D eigenvalue weighted by molar-refractivity contribution is -0.385. The van der Waals surface area contributed by atoms with E-state index in [-0.39, 0.29) is 17.0 Å². The van der Waals surface area contributed by atoms with E-state index in [0.717, 1.165) is 9.79 Å². The number of pyridine rings is 1. The number of nitro benzene ring substituents is 1. The highest BCUT2D eigenvalue weighted by atomic mass is 32.2. The third-order valence-corrected chi connectivity index (χ3v) is 4.98. The minimum Gasteiger partial charge on any atom is -0.501 e. The number of aromatic hydroxyl groups is 1. The number of carbonyl (C=O) groups is 1. The molecule has 2 N–H and O–H groups in total. The summed E-state index contributed by atoms with van der Waals surface area (Å²) in [7, 11) is 0. The van der Waals surface area contributed by atoms with Crippen LogP contribution in [0.15, 0.2) is 94.9 Å². The van der Waals surface area contributed by atoms with Crippen LogP contribution in [-0.2, 0) is 0 Å². The third-order valence-electron chi connectivity index (χ3n) is 3.98. The van der Waals surface area contributed by atoms with Gasteiger partial charge >= 0.3 is 11.7 Å². The van der Waals surface area contributed by atoms with E-state index in [0.29, 0.717) is 10.9 Å². The molecule has 0 aliphatic rings. The molecule has 0 atom stereocenters. The number of hydrogen-bond acceptors (Lipinski definition) is 6. The van der Waals surface area contributed by atoms with Gasteiger partial charge in [-0.15, -0.1) is 0 Å². The number of nitrogens with zero attached hydrogens (tertiary/aromatic N) is 2. The molecule has 0 unspecified atom stereocenters. The average molecular weight is 420 g/mol. The van der Waals surface area contributed by atoms with E-state index >= 15 is 0 Å². The monoisotopic (exact) mass is 420 g/mol. The Balaban J connectivity index is 0.000000172. The second kappa shape index (κ2) is 9.53. The molecule has 3 aromatic carbocycles. The smallest absolute Gasteiger partial charge is 0.335 e. The summed E-state index contributed by atoms with van der Waals surface area (Å²) >= 11 is 1.56. The summed E-state index contributed by atoms with van der Waals surface area (Å²) in [5.74, 6) is -1.27. The van der Waals surface area contributed by atoms with Gasteiger partial charge in [-0.3, -0.25) is 15.1 Å². The van der Waals surface area contributed by atoms with E-state index < -0.39 is 10.9 Å². The molecular formula is C22H16N2O5S. The van der Waals surface area contributed by atoms with Gasteiger partial charge in [0.2, 0.25) is 5.75 Å². The molecule has 0 fully saturated rings. The molecule has 0 aliphatic heterocycles. The molecule has 0 aliphatic carbocycles. The van der Waals surface area contributed by atoms with Gasteiger partial charge < -0.3 is 10.2 Å². The van der Waals surface area contributed by atoms with Crippen molar-refractivity contribution in [3.8, 4) is 5.75 Å². The Hall–Kier alpha value is -3.91. The number of aromatic carboxylic acids is 1. The zero-order valence-electron chi connectivity index (χ0n) is 15.5. The van der Waals surface area contributed by atoms with Crippen LogP contribution in [0, 0.1) is 10.1 Å². The van der Waals surface area contributed by atoms with Crippen molar-refractivity contribution in [2.75, 3.05) is 0 Å². The van der Waals surface area contributed by atoms with Gasteiger partial charge in [-0.1, -0.05) is 42.1 Å². The van der Waals surface area contributed by atoms with E-state index in [1.165, 1.54) is 12.3 Å². The molecule has 4 aromatic rings. The van der Waals surface area contributed by atoms with Crippen LogP contribution in [0.3, 0.4) is 0 Å². The van der Waals surface area contributed by atoms with Crippen molar-refractivity contribution in [3.63, 3.8) is 0 Å². The van der Waals surface area contributed by atoms with Crippen LogP contribution in [0.4, 0.5) is 5.69 Å². The van der Waals surface area contributed by atoms with E-state index in [2.05, 4.69) is 4.98 Å². The van der Waals surface area contributed by atoms with Crippen molar-refractivity contribution < 1.29 is 19.9 Å². The fourth-order valence-corrected chi connectivity index (χ4v) is 3.48. The lowest BCUT2D eigenvalue weighted by Gasteiger charge is -2.02. The first-order chi connectivity index (χ1) is 14.5. The maximum absolute atomic E-state index is 10.8. The van der Waals surface area contributed by atoms with E-state index in [1.807, 2.05) is 36.4 Å². The van der Waals surface area contributed by atoms with E-state index in [4.69, 9.17) is 5.11 Å². The fraction of sp³-hybridized carbons (Fsp3) is 0. The Labute approximate surface area is 175 Å². The molecular weight excluding hydrogens is 404 g/mol. The maximum Gasteiger partial charge on any atom is 0.335 e. The minimum atomic E-state index is -0.893. The summed E-state index contributed by atoms with van der Waals surface area (Å²) < 4.78 is 0. The van der Waals surface area contributed by atoms with Gasteiger partial charge in [-0.2, -0.15) is 0 Å². The first-order valence-electron chi connectivity index (χ1n) is 8.73. The number of phenols is 1. The van der Waals surface area contributed by atoms with Crippen molar-refractivity contribution in [3.05, 3.63) is 101 Å². The fourth-order valence-electron chi connectivity index (χ4n) is 2.58. The number of rotatable bonds is 4. The number of nitro groups is 1. The number of aromatic nitrogens is 1. The number of benzene rings is 3. The Bertz CT molecular complexity index is 1200. The molecule has 30 heavy (non-hydrogen) atoms. The molecule has 0 radical (unpaired) electrons. The van der Waals surface area contributed by atoms with Crippen LogP contribution < -0.4 is 0 Å². The van der Waals surface area contributed by atoms with Crippen molar-refractivity contribution in [1.82, 2.24) is 4.98 Å². The van der Waals surface area contributed by atoms with Gasteiger partial charge in [0.25, 0.3) is 0 Å². The predicted octanol–water partition coefficient (Wildman–Crippen LogP) is 5.38. The zero-order valence-corrected chi connectivity index (χ0v) is 16.3. The van der Waals surface area contributed by atoms with Crippen molar-refractivity contribution >= 4 is 34.3 Å². The minimum absolute atomic E-state index is 0.252. The molecule has 0 spiro atoms. The van der Waals surface area contributed by atoms with Gasteiger partial charge in [0.1, 0.15) is 5.52 Å². The molecule has 8 heteroatoms.